The number of nitrogens with zero attached hydrogens (tertiary/aromatic N) is 5. The van der Waals surface area contributed by atoms with E-state index < -0.39 is 0 Å². The minimum atomic E-state index is -0.0803. The summed E-state index contributed by atoms with van der Waals surface area (Å²) in [6.45, 7) is 1.10. The van der Waals surface area contributed by atoms with E-state index in [4.69, 9.17) is 9.26 Å². The normalized spacial score (nSPS) is 13.6. The van der Waals surface area contributed by atoms with E-state index in [1.54, 1.807) is 23.5 Å². The maximum atomic E-state index is 12.4. The molecule has 0 aliphatic carbocycles. The van der Waals surface area contributed by atoms with Gasteiger partial charge in [0.1, 0.15) is 17.5 Å². The average Bonchev–Trinajstić information content (AvgIpc) is 3.27. The summed E-state index contributed by atoms with van der Waals surface area (Å²) in [4.78, 5) is 26.9. The molecule has 0 atom stereocenters. The minimum absolute atomic E-state index is 0.0803. The molecule has 0 saturated carbocycles. The highest BCUT2D eigenvalue weighted by molar-refractivity contribution is 5.79. The van der Waals surface area contributed by atoms with Gasteiger partial charge in [-0.1, -0.05) is 47.6 Å². The van der Waals surface area contributed by atoms with Gasteiger partial charge in [0, 0.05) is 12.4 Å². The standard InChI is InChI=1S/C23H19N5O3/c29-21(12-16-6-2-1-3-7-16)28-14-17(15-28)30-20-9-5-4-8-18(20)23-26-22(27-31-23)19-13-24-10-11-25-19/h1-11,13,17H,12,14-15H2. The largest absolute Gasteiger partial charge is 0.486 e. The van der Waals surface area contributed by atoms with E-state index in [0.717, 1.165) is 5.56 Å². The summed E-state index contributed by atoms with van der Waals surface area (Å²) in [5.74, 6) is 1.44. The number of para-hydroxylation sites is 1. The molecule has 0 spiro atoms. The molecule has 0 N–H and O–H groups in total. The summed E-state index contributed by atoms with van der Waals surface area (Å²) in [5, 5.41) is 4.00. The first-order valence-corrected chi connectivity index (χ1v) is 9.94. The summed E-state index contributed by atoms with van der Waals surface area (Å²) >= 11 is 0. The van der Waals surface area contributed by atoms with Crippen molar-refractivity contribution in [3.63, 3.8) is 0 Å². The smallest absolute Gasteiger partial charge is 0.262 e. The molecule has 1 amide bonds. The van der Waals surface area contributed by atoms with Crippen LogP contribution in [-0.2, 0) is 11.2 Å². The Hall–Kier alpha value is -4.07. The summed E-state index contributed by atoms with van der Waals surface area (Å²) in [6.07, 6.45) is 5.05. The van der Waals surface area contributed by atoms with Gasteiger partial charge >= 0.3 is 0 Å². The average molecular weight is 413 g/mol. The third kappa shape index (κ3) is 4.13. The molecule has 1 aliphatic rings. The Bertz CT molecular complexity index is 1170. The lowest BCUT2D eigenvalue weighted by atomic mass is 10.1. The van der Waals surface area contributed by atoms with Crippen molar-refractivity contribution in [1.82, 2.24) is 25.0 Å². The fourth-order valence-corrected chi connectivity index (χ4v) is 3.38. The number of carbonyl (C=O) groups is 1. The highest BCUT2D eigenvalue weighted by Crippen LogP contribution is 2.31. The second-order valence-electron chi connectivity index (χ2n) is 7.21. The van der Waals surface area contributed by atoms with E-state index >= 15 is 0 Å². The summed E-state index contributed by atoms with van der Waals surface area (Å²) in [7, 11) is 0. The first-order chi connectivity index (χ1) is 15.3. The van der Waals surface area contributed by atoms with Gasteiger partial charge in [-0.3, -0.25) is 9.78 Å². The lowest BCUT2D eigenvalue weighted by Crippen LogP contribution is -2.56. The number of aromatic nitrogens is 4. The van der Waals surface area contributed by atoms with Gasteiger partial charge in [0.25, 0.3) is 5.89 Å². The van der Waals surface area contributed by atoms with E-state index in [0.29, 0.717) is 48.2 Å². The first kappa shape index (κ1) is 18.9. The van der Waals surface area contributed by atoms with Crippen LogP contribution in [0.1, 0.15) is 5.56 Å². The topological polar surface area (TPSA) is 94.2 Å². The molecule has 2 aromatic heterocycles. The lowest BCUT2D eigenvalue weighted by Gasteiger charge is -2.39. The van der Waals surface area contributed by atoms with Crippen LogP contribution >= 0.6 is 0 Å². The summed E-state index contributed by atoms with van der Waals surface area (Å²) < 4.78 is 11.6. The lowest BCUT2D eigenvalue weighted by molar-refractivity contribution is -0.139. The van der Waals surface area contributed by atoms with E-state index in [1.807, 2.05) is 54.6 Å². The summed E-state index contributed by atoms with van der Waals surface area (Å²) in [6, 6.07) is 17.2. The highest BCUT2D eigenvalue weighted by Gasteiger charge is 2.32. The van der Waals surface area contributed by atoms with E-state index in [-0.39, 0.29) is 12.0 Å². The zero-order chi connectivity index (χ0) is 21.0. The number of benzene rings is 2. The van der Waals surface area contributed by atoms with Crippen LogP contribution in [0.15, 0.2) is 77.7 Å². The first-order valence-electron chi connectivity index (χ1n) is 9.94. The monoisotopic (exact) mass is 413 g/mol. The van der Waals surface area contributed by atoms with Crippen LogP contribution in [0, 0.1) is 0 Å². The molecule has 2 aromatic carbocycles. The number of ether oxygens (including phenoxy) is 1. The van der Waals surface area contributed by atoms with Crippen molar-refractivity contribution in [2.24, 2.45) is 0 Å². The molecule has 3 heterocycles. The Morgan fingerprint density at radius 3 is 2.68 bits per heavy atom. The van der Waals surface area contributed by atoms with Crippen molar-refractivity contribution in [3.8, 4) is 28.7 Å². The van der Waals surface area contributed by atoms with Crippen molar-refractivity contribution in [3.05, 3.63) is 78.8 Å². The highest BCUT2D eigenvalue weighted by atomic mass is 16.5. The molecule has 8 heteroatoms. The van der Waals surface area contributed by atoms with E-state index in [9.17, 15) is 4.79 Å². The molecule has 0 bridgehead atoms. The van der Waals surface area contributed by atoms with Crippen LogP contribution in [0.2, 0.25) is 0 Å². The van der Waals surface area contributed by atoms with Gasteiger partial charge in [0.2, 0.25) is 11.7 Å². The Morgan fingerprint density at radius 2 is 1.87 bits per heavy atom. The molecule has 0 radical (unpaired) electrons. The fourth-order valence-electron chi connectivity index (χ4n) is 3.38. The van der Waals surface area contributed by atoms with Crippen molar-refractivity contribution in [1.29, 1.82) is 0 Å². The molecular weight excluding hydrogens is 394 g/mol. The molecule has 4 aromatic rings. The molecular formula is C23H19N5O3. The third-order valence-corrected chi connectivity index (χ3v) is 5.03. The zero-order valence-corrected chi connectivity index (χ0v) is 16.6. The van der Waals surface area contributed by atoms with Crippen molar-refractivity contribution in [2.45, 2.75) is 12.5 Å². The molecule has 8 nitrogen and oxygen atoms in total. The predicted octanol–water partition coefficient (Wildman–Crippen LogP) is 3.03. The van der Waals surface area contributed by atoms with Gasteiger partial charge in [0.15, 0.2) is 0 Å². The quantitative estimate of drug-likeness (QED) is 0.479. The number of hydrogen-bond acceptors (Lipinski definition) is 7. The van der Waals surface area contributed by atoms with Gasteiger partial charge in [-0.05, 0) is 17.7 Å². The number of likely N-dealkylation sites (tertiary alicyclic amines) is 1. The maximum absolute atomic E-state index is 12.4. The summed E-state index contributed by atoms with van der Waals surface area (Å²) in [5.41, 5.74) is 2.24. The van der Waals surface area contributed by atoms with Gasteiger partial charge in [-0.2, -0.15) is 4.98 Å². The SMILES string of the molecule is O=C(Cc1ccccc1)N1CC(Oc2ccccc2-c2nc(-c3cnccn3)no2)C1. The molecule has 5 rings (SSSR count). The Labute approximate surface area is 178 Å². The number of amides is 1. The van der Waals surface area contributed by atoms with E-state index in [1.165, 1.54) is 0 Å². The van der Waals surface area contributed by atoms with Crippen LogP contribution in [0.5, 0.6) is 5.75 Å². The van der Waals surface area contributed by atoms with Crippen LogP contribution in [0.3, 0.4) is 0 Å². The molecule has 31 heavy (non-hydrogen) atoms. The third-order valence-electron chi connectivity index (χ3n) is 5.03. The van der Waals surface area contributed by atoms with Crippen LogP contribution in [0.4, 0.5) is 0 Å². The Balaban J connectivity index is 1.24. The van der Waals surface area contributed by atoms with Gasteiger partial charge in [-0.25, -0.2) is 4.98 Å². The zero-order valence-electron chi connectivity index (χ0n) is 16.6. The van der Waals surface area contributed by atoms with Crippen molar-refractivity contribution < 1.29 is 14.1 Å². The Kier molecular flexibility index (Phi) is 5.10. The predicted molar refractivity (Wildman–Crippen MR) is 112 cm³/mol. The number of rotatable bonds is 6. The second-order valence-corrected chi connectivity index (χ2v) is 7.21. The van der Waals surface area contributed by atoms with Gasteiger partial charge < -0.3 is 14.2 Å². The van der Waals surface area contributed by atoms with Crippen molar-refractivity contribution in [2.75, 3.05) is 13.1 Å². The fraction of sp³-hybridized carbons (Fsp3) is 0.174. The van der Waals surface area contributed by atoms with Crippen LogP contribution < -0.4 is 4.74 Å². The minimum Gasteiger partial charge on any atom is -0.486 e. The number of carbonyl (C=O) groups excluding carboxylic acids is 1. The molecule has 1 aliphatic heterocycles. The van der Waals surface area contributed by atoms with Crippen LogP contribution in [0.25, 0.3) is 23.0 Å². The maximum Gasteiger partial charge on any atom is 0.262 e. The second kappa shape index (κ2) is 8.35. The van der Waals surface area contributed by atoms with Gasteiger partial charge in [-0.15, -0.1) is 0 Å². The Morgan fingerprint density at radius 1 is 1.06 bits per heavy atom. The molecule has 1 saturated heterocycles. The van der Waals surface area contributed by atoms with Gasteiger partial charge in [0.05, 0.1) is 31.3 Å². The van der Waals surface area contributed by atoms with E-state index in [2.05, 4.69) is 20.1 Å². The van der Waals surface area contributed by atoms with Crippen molar-refractivity contribution >= 4 is 5.91 Å². The van der Waals surface area contributed by atoms with Crippen LogP contribution in [-0.4, -0.2) is 50.1 Å². The number of hydrogen-bond donors (Lipinski definition) is 0. The molecule has 154 valence electrons. The molecule has 1 fully saturated rings. The molecule has 0 unspecified atom stereocenters.